The van der Waals surface area contributed by atoms with E-state index in [1.54, 1.807) is 7.11 Å². The van der Waals surface area contributed by atoms with Gasteiger partial charge in [0.2, 0.25) is 0 Å². The molecule has 1 aliphatic carbocycles. The van der Waals surface area contributed by atoms with Gasteiger partial charge in [0, 0.05) is 25.7 Å². The number of nitrogens with zero attached hydrogens (tertiary/aromatic N) is 1. The molecule has 0 aromatic heterocycles. The van der Waals surface area contributed by atoms with E-state index in [0.717, 1.165) is 37.5 Å². The standard InChI is InChI=1S/C18H27N3O2/c1-13(15-7-8-15)20-18(22)19-11-14-9-10-21(12-14)16-5-3-4-6-17(16)23-2/h3-6,13-15H,7-12H2,1-2H3,(H2,19,20,22). The molecule has 0 bridgehead atoms. The smallest absolute Gasteiger partial charge is 0.315 e. The highest BCUT2D eigenvalue weighted by Crippen LogP contribution is 2.32. The van der Waals surface area contributed by atoms with Gasteiger partial charge in [0.05, 0.1) is 12.8 Å². The number of carbonyl (C=O) groups excluding carboxylic acids is 1. The predicted molar refractivity (Wildman–Crippen MR) is 92.0 cm³/mol. The molecule has 126 valence electrons. The molecular formula is C18H27N3O2. The first-order chi connectivity index (χ1) is 11.2. The third-order valence-corrected chi connectivity index (χ3v) is 4.95. The lowest BCUT2D eigenvalue weighted by Gasteiger charge is -2.21. The zero-order valence-corrected chi connectivity index (χ0v) is 14.0. The Hall–Kier alpha value is -1.91. The van der Waals surface area contributed by atoms with Crippen LogP contribution in [0, 0.1) is 11.8 Å². The number of methoxy groups -OCH3 is 1. The quantitative estimate of drug-likeness (QED) is 0.848. The molecule has 2 atom stereocenters. The Morgan fingerprint density at radius 2 is 2.13 bits per heavy atom. The third-order valence-electron chi connectivity index (χ3n) is 4.95. The van der Waals surface area contributed by atoms with E-state index in [4.69, 9.17) is 4.74 Å². The monoisotopic (exact) mass is 317 g/mol. The van der Waals surface area contributed by atoms with Crippen molar-refractivity contribution in [2.24, 2.45) is 11.8 Å². The van der Waals surface area contributed by atoms with E-state index in [2.05, 4.69) is 28.5 Å². The van der Waals surface area contributed by atoms with Crippen molar-refractivity contribution in [2.75, 3.05) is 31.6 Å². The number of anilines is 1. The van der Waals surface area contributed by atoms with Crippen molar-refractivity contribution in [3.05, 3.63) is 24.3 Å². The molecule has 5 heteroatoms. The summed E-state index contributed by atoms with van der Waals surface area (Å²) in [7, 11) is 1.71. The molecule has 0 spiro atoms. The summed E-state index contributed by atoms with van der Waals surface area (Å²) in [6.07, 6.45) is 3.59. The number of carbonyl (C=O) groups is 1. The molecule has 1 heterocycles. The first-order valence-corrected chi connectivity index (χ1v) is 8.59. The Morgan fingerprint density at radius 3 is 2.87 bits per heavy atom. The van der Waals surface area contributed by atoms with Crippen molar-refractivity contribution < 1.29 is 9.53 Å². The minimum Gasteiger partial charge on any atom is -0.495 e. The van der Waals surface area contributed by atoms with Crippen LogP contribution in [-0.2, 0) is 0 Å². The number of para-hydroxylation sites is 2. The van der Waals surface area contributed by atoms with Crippen molar-refractivity contribution in [1.29, 1.82) is 0 Å². The fraction of sp³-hybridized carbons (Fsp3) is 0.611. The van der Waals surface area contributed by atoms with Crippen molar-refractivity contribution >= 4 is 11.7 Å². The van der Waals surface area contributed by atoms with E-state index < -0.39 is 0 Å². The number of hydrogen-bond donors (Lipinski definition) is 2. The number of rotatable bonds is 6. The molecule has 5 nitrogen and oxygen atoms in total. The second kappa shape index (κ2) is 7.11. The van der Waals surface area contributed by atoms with Gasteiger partial charge in [0.1, 0.15) is 5.75 Å². The van der Waals surface area contributed by atoms with Gasteiger partial charge in [-0.1, -0.05) is 12.1 Å². The minimum absolute atomic E-state index is 0.0276. The first kappa shape index (κ1) is 16.0. The zero-order valence-electron chi connectivity index (χ0n) is 14.0. The number of urea groups is 1. The Bertz CT molecular complexity index is 545. The lowest BCUT2D eigenvalue weighted by Crippen LogP contribution is -2.43. The zero-order chi connectivity index (χ0) is 16.2. The Labute approximate surface area is 138 Å². The molecule has 1 saturated carbocycles. The van der Waals surface area contributed by atoms with Gasteiger partial charge in [-0.2, -0.15) is 0 Å². The maximum atomic E-state index is 11.9. The molecule has 1 aliphatic heterocycles. The van der Waals surface area contributed by atoms with Crippen molar-refractivity contribution in [3.63, 3.8) is 0 Å². The van der Waals surface area contributed by atoms with E-state index >= 15 is 0 Å². The molecular weight excluding hydrogens is 290 g/mol. The molecule has 2 N–H and O–H groups in total. The van der Waals surface area contributed by atoms with Crippen LogP contribution in [0.5, 0.6) is 5.75 Å². The second-order valence-corrected chi connectivity index (χ2v) is 6.75. The van der Waals surface area contributed by atoms with Crippen LogP contribution >= 0.6 is 0 Å². The summed E-state index contributed by atoms with van der Waals surface area (Å²) in [5.41, 5.74) is 1.14. The summed E-state index contributed by atoms with van der Waals surface area (Å²) in [6.45, 7) is 4.79. The molecule has 2 fully saturated rings. The molecule has 3 rings (SSSR count). The lowest BCUT2D eigenvalue weighted by molar-refractivity contribution is 0.235. The van der Waals surface area contributed by atoms with Gasteiger partial charge in [-0.15, -0.1) is 0 Å². The highest BCUT2D eigenvalue weighted by atomic mass is 16.5. The van der Waals surface area contributed by atoms with Gasteiger partial charge in [0.15, 0.2) is 0 Å². The van der Waals surface area contributed by atoms with Gasteiger partial charge >= 0.3 is 6.03 Å². The Kier molecular flexibility index (Phi) is 4.94. The van der Waals surface area contributed by atoms with E-state index in [-0.39, 0.29) is 6.03 Å². The van der Waals surface area contributed by atoms with Crippen molar-refractivity contribution in [3.8, 4) is 5.75 Å². The third kappa shape index (κ3) is 4.09. The van der Waals surface area contributed by atoms with Gasteiger partial charge in [-0.05, 0) is 50.2 Å². The fourth-order valence-corrected chi connectivity index (χ4v) is 3.32. The molecule has 0 radical (unpaired) electrons. The van der Waals surface area contributed by atoms with Crippen LogP contribution in [0.15, 0.2) is 24.3 Å². The molecule has 2 unspecified atom stereocenters. The first-order valence-electron chi connectivity index (χ1n) is 8.59. The largest absolute Gasteiger partial charge is 0.495 e. The van der Waals surface area contributed by atoms with Crippen LogP contribution in [0.25, 0.3) is 0 Å². The van der Waals surface area contributed by atoms with Gasteiger partial charge in [0.25, 0.3) is 0 Å². The molecule has 2 aliphatic rings. The number of ether oxygens (including phenoxy) is 1. The number of hydrogen-bond acceptors (Lipinski definition) is 3. The van der Waals surface area contributed by atoms with Gasteiger partial charge in [-0.25, -0.2) is 4.79 Å². The molecule has 2 amide bonds. The highest BCUT2D eigenvalue weighted by Gasteiger charge is 2.29. The van der Waals surface area contributed by atoms with Crippen molar-refractivity contribution in [2.45, 2.75) is 32.2 Å². The van der Waals surface area contributed by atoms with Crippen LogP contribution in [0.2, 0.25) is 0 Å². The van der Waals surface area contributed by atoms with E-state index in [1.165, 1.54) is 12.8 Å². The van der Waals surface area contributed by atoms with Crippen LogP contribution < -0.4 is 20.3 Å². The van der Waals surface area contributed by atoms with Crippen LogP contribution in [0.4, 0.5) is 10.5 Å². The SMILES string of the molecule is COc1ccccc1N1CCC(CNC(=O)NC(C)C2CC2)C1. The number of amides is 2. The lowest BCUT2D eigenvalue weighted by atomic mass is 10.1. The highest BCUT2D eigenvalue weighted by molar-refractivity contribution is 5.74. The maximum absolute atomic E-state index is 11.9. The minimum atomic E-state index is -0.0276. The van der Waals surface area contributed by atoms with Gasteiger partial charge < -0.3 is 20.3 Å². The Morgan fingerprint density at radius 1 is 1.35 bits per heavy atom. The van der Waals surface area contributed by atoms with E-state index in [0.29, 0.717) is 17.9 Å². The van der Waals surface area contributed by atoms with Crippen LogP contribution in [0.3, 0.4) is 0 Å². The average Bonchev–Trinajstić information content (AvgIpc) is 3.32. The summed E-state index contributed by atoms with van der Waals surface area (Å²) >= 11 is 0. The maximum Gasteiger partial charge on any atom is 0.315 e. The average molecular weight is 317 g/mol. The second-order valence-electron chi connectivity index (χ2n) is 6.75. The molecule has 1 saturated heterocycles. The molecule has 1 aromatic carbocycles. The fourth-order valence-electron chi connectivity index (χ4n) is 3.32. The summed E-state index contributed by atoms with van der Waals surface area (Å²) < 4.78 is 5.44. The van der Waals surface area contributed by atoms with Crippen LogP contribution in [0.1, 0.15) is 26.2 Å². The Balaban J connectivity index is 1.45. The summed E-state index contributed by atoms with van der Waals surface area (Å²) in [4.78, 5) is 14.3. The summed E-state index contributed by atoms with van der Waals surface area (Å²) in [5.74, 6) is 2.09. The number of nitrogens with one attached hydrogen (secondary N) is 2. The summed E-state index contributed by atoms with van der Waals surface area (Å²) in [6, 6.07) is 8.38. The number of benzene rings is 1. The predicted octanol–water partition coefficient (Wildman–Crippen LogP) is 2.62. The van der Waals surface area contributed by atoms with E-state index in [9.17, 15) is 4.79 Å². The molecule has 23 heavy (non-hydrogen) atoms. The van der Waals surface area contributed by atoms with Gasteiger partial charge in [-0.3, -0.25) is 0 Å². The van der Waals surface area contributed by atoms with Crippen LogP contribution in [-0.4, -0.2) is 38.8 Å². The topological polar surface area (TPSA) is 53.6 Å². The summed E-state index contributed by atoms with van der Waals surface area (Å²) in [5, 5.41) is 6.07. The normalized spacial score (nSPS) is 21.8. The molecule has 1 aromatic rings. The van der Waals surface area contributed by atoms with E-state index in [1.807, 2.05) is 18.2 Å². The van der Waals surface area contributed by atoms with Crippen molar-refractivity contribution in [1.82, 2.24) is 10.6 Å².